The molecule has 21 heavy (non-hydrogen) atoms. The number of rotatable bonds is 1. The van der Waals surface area contributed by atoms with E-state index in [0.717, 1.165) is 5.69 Å². The van der Waals surface area contributed by atoms with Crippen LogP contribution in [0.15, 0.2) is 54.7 Å². The van der Waals surface area contributed by atoms with Gasteiger partial charge in [-0.2, -0.15) is 0 Å². The number of aromatic nitrogens is 1. The van der Waals surface area contributed by atoms with E-state index < -0.39 is 0 Å². The first-order valence-corrected chi connectivity index (χ1v) is 7.90. The van der Waals surface area contributed by atoms with Crippen LogP contribution in [-0.4, -0.2) is 4.98 Å². The van der Waals surface area contributed by atoms with Gasteiger partial charge in [0.15, 0.2) is 0 Å². The average Bonchev–Trinajstić information content (AvgIpc) is 2.91. The van der Waals surface area contributed by atoms with Gasteiger partial charge < -0.3 is 0 Å². The van der Waals surface area contributed by atoms with E-state index in [4.69, 9.17) is 0 Å². The van der Waals surface area contributed by atoms with Crippen LogP contribution in [0.3, 0.4) is 0 Å². The summed E-state index contributed by atoms with van der Waals surface area (Å²) in [4.78, 5) is 4.63. The van der Waals surface area contributed by atoms with Crippen molar-refractivity contribution in [1.29, 1.82) is 0 Å². The highest BCUT2D eigenvalue weighted by atomic mass is 32.1. The van der Waals surface area contributed by atoms with Gasteiger partial charge in [0.25, 0.3) is 0 Å². The fraction of sp³-hybridized carbons (Fsp3) is 0.105. The topological polar surface area (TPSA) is 12.9 Å². The molecule has 4 aromatic rings. The molecule has 0 fully saturated rings. The molecule has 0 spiro atoms. The van der Waals surface area contributed by atoms with Gasteiger partial charge in [-0.1, -0.05) is 42.5 Å². The van der Waals surface area contributed by atoms with E-state index in [2.05, 4.69) is 61.3 Å². The van der Waals surface area contributed by atoms with Gasteiger partial charge in [-0.05, 0) is 31.0 Å². The Kier molecular flexibility index (Phi) is 2.79. The molecule has 1 nitrogen and oxygen atoms in total. The van der Waals surface area contributed by atoms with Crippen molar-refractivity contribution in [2.75, 3.05) is 0 Å². The summed E-state index contributed by atoms with van der Waals surface area (Å²) in [6.45, 7) is 4.39. The van der Waals surface area contributed by atoms with Crippen molar-refractivity contribution in [3.63, 3.8) is 0 Å². The van der Waals surface area contributed by atoms with Gasteiger partial charge in [0, 0.05) is 27.2 Å². The summed E-state index contributed by atoms with van der Waals surface area (Å²) in [7, 11) is 0. The largest absolute Gasteiger partial charge is 0.255 e. The SMILES string of the molecule is Cc1ccc2c(sc3c(-c4ccccc4)nccc32)c1C. The Bertz CT molecular complexity index is 952. The first-order chi connectivity index (χ1) is 10.3. The minimum Gasteiger partial charge on any atom is -0.255 e. The summed E-state index contributed by atoms with van der Waals surface area (Å²) in [5, 5.41) is 2.66. The lowest BCUT2D eigenvalue weighted by Crippen LogP contribution is -1.82. The van der Waals surface area contributed by atoms with Gasteiger partial charge in [0.05, 0.1) is 10.4 Å². The van der Waals surface area contributed by atoms with Crippen LogP contribution < -0.4 is 0 Å². The second-order valence-corrected chi connectivity index (χ2v) is 6.41. The minimum absolute atomic E-state index is 1.09. The first kappa shape index (κ1) is 12.5. The highest BCUT2D eigenvalue weighted by Crippen LogP contribution is 2.40. The van der Waals surface area contributed by atoms with E-state index in [1.54, 1.807) is 0 Å². The van der Waals surface area contributed by atoms with E-state index in [9.17, 15) is 0 Å². The molecule has 0 aliphatic heterocycles. The number of pyridine rings is 1. The molecule has 2 heterocycles. The van der Waals surface area contributed by atoms with Crippen molar-refractivity contribution in [2.45, 2.75) is 13.8 Å². The second kappa shape index (κ2) is 4.68. The van der Waals surface area contributed by atoms with E-state index in [1.807, 2.05) is 23.6 Å². The third-order valence-electron chi connectivity index (χ3n) is 4.12. The molecule has 0 unspecified atom stereocenters. The molecule has 102 valence electrons. The third-order valence-corrected chi connectivity index (χ3v) is 5.47. The fourth-order valence-electron chi connectivity index (χ4n) is 2.80. The van der Waals surface area contributed by atoms with Crippen molar-refractivity contribution in [3.8, 4) is 11.3 Å². The molecular weight excluding hydrogens is 274 g/mol. The predicted octanol–water partition coefficient (Wildman–Crippen LogP) is 5.73. The summed E-state index contributed by atoms with van der Waals surface area (Å²) >= 11 is 1.86. The number of hydrogen-bond donors (Lipinski definition) is 0. The highest BCUT2D eigenvalue weighted by Gasteiger charge is 2.13. The zero-order chi connectivity index (χ0) is 14.4. The molecule has 0 amide bonds. The van der Waals surface area contributed by atoms with E-state index in [1.165, 1.54) is 36.9 Å². The molecule has 4 rings (SSSR count). The number of hydrogen-bond acceptors (Lipinski definition) is 2. The van der Waals surface area contributed by atoms with E-state index >= 15 is 0 Å². The number of benzene rings is 2. The summed E-state index contributed by atoms with van der Waals surface area (Å²) in [5.41, 5.74) is 5.01. The Morgan fingerprint density at radius 3 is 2.38 bits per heavy atom. The lowest BCUT2D eigenvalue weighted by Gasteiger charge is -2.01. The molecule has 0 radical (unpaired) electrons. The van der Waals surface area contributed by atoms with Crippen LogP contribution in [0.4, 0.5) is 0 Å². The molecule has 0 saturated carbocycles. The molecule has 0 aliphatic rings. The van der Waals surface area contributed by atoms with Crippen molar-refractivity contribution in [3.05, 3.63) is 65.9 Å². The maximum atomic E-state index is 4.63. The van der Waals surface area contributed by atoms with E-state index in [-0.39, 0.29) is 0 Å². The van der Waals surface area contributed by atoms with Crippen LogP contribution in [0.5, 0.6) is 0 Å². The Balaban J connectivity index is 2.13. The minimum atomic E-state index is 1.09. The summed E-state index contributed by atoms with van der Waals surface area (Å²) in [6, 6.07) is 17.0. The van der Waals surface area contributed by atoms with Gasteiger partial charge >= 0.3 is 0 Å². The quantitative estimate of drug-likeness (QED) is 0.436. The van der Waals surface area contributed by atoms with Gasteiger partial charge in [0.1, 0.15) is 0 Å². The van der Waals surface area contributed by atoms with Gasteiger partial charge in [-0.25, -0.2) is 0 Å². The molecule has 0 saturated heterocycles. The number of nitrogens with zero attached hydrogens (tertiary/aromatic N) is 1. The molecular formula is C19H15NS. The lowest BCUT2D eigenvalue weighted by molar-refractivity contribution is 1.37. The summed E-state index contributed by atoms with van der Waals surface area (Å²) in [6.07, 6.45) is 1.92. The van der Waals surface area contributed by atoms with Crippen LogP contribution in [0, 0.1) is 13.8 Å². The van der Waals surface area contributed by atoms with Crippen molar-refractivity contribution in [1.82, 2.24) is 4.98 Å². The van der Waals surface area contributed by atoms with Gasteiger partial charge in [0.2, 0.25) is 0 Å². The normalized spacial score (nSPS) is 11.3. The zero-order valence-electron chi connectivity index (χ0n) is 12.1. The summed E-state index contributed by atoms with van der Waals surface area (Å²) in [5.74, 6) is 0. The zero-order valence-corrected chi connectivity index (χ0v) is 12.9. The maximum Gasteiger partial charge on any atom is 0.0880 e. The molecule has 2 aromatic heterocycles. The molecule has 0 aliphatic carbocycles. The summed E-state index contributed by atoms with van der Waals surface area (Å²) < 4.78 is 2.67. The molecule has 2 aromatic carbocycles. The Morgan fingerprint density at radius 2 is 1.57 bits per heavy atom. The Labute approximate surface area is 127 Å². The lowest BCUT2D eigenvalue weighted by atomic mass is 10.0. The number of thiophene rings is 1. The smallest absolute Gasteiger partial charge is 0.0880 e. The van der Waals surface area contributed by atoms with Crippen LogP contribution in [-0.2, 0) is 0 Å². The Hall–Kier alpha value is -2.19. The Morgan fingerprint density at radius 1 is 0.810 bits per heavy atom. The second-order valence-electron chi connectivity index (χ2n) is 5.39. The molecule has 0 atom stereocenters. The molecule has 0 N–H and O–H groups in total. The predicted molar refractivity (Wildman–Crippen MR) is 92.0 cm³/mol. The monoisotopic (exact) mass is 289 g/mol. The van der Waals surface area contributed by atoms with Gasteiger partial charge in [-0.3, -0.25) is 4.98 Å². The fourth-order valence-corrected chi connectivity index (χ4v) is 4.16. The maximum absolute atomic E-state index is 4.63. The van der Waals surface area contributed by atoms with Crippen LogP contribution >= 0.6 is 11.3 Å². The third kappa shape index (κ3) is 1.87. The molecule has 2 heteroatoms. The number of aryl methyl sites for hydroxylation is 2. The van der Waals surface area contributed by atoms with Crippen LogP contribution in [0.25, 0.3) is 31.4 Å². The van der Waals surface area contributed by atoms with Crippen LogP contribution in [0.1, 0.15) is 11.1 Å². The van der Waals surface area contributed by atoms with Crippen molar-refractivity contribution >= 4 is 31.5 Å². The standard InChI is InChI=1S/C19H15NS/c1-12-8-9-15-16-10-11-20-17(14-6-4-3-5-7-14)19(16)21-18(15)13(12)2/h3-11H,1-2H3. The first-order valence-electron chi connectivity index (χ1n) is 7.08. The van der Waals surface area contributed by atoms with Crippen molar-refractivity contribution < 1.29 is 0 Å². The average molecular weight is 289 g/mol. The van der Waals surface area contributed by atoms with Crippen LogP contribution in [0.2, 0.25) is 0 Å². The highest BCUT2D eigenvalue weighted by molar-refractivity contribution is 7.26. The van der Waals surface area contributed by atoms with Crippen molar-refractivity contribution in [2.24, 2.45) is 0 Å². The van der Waals surface area contributed by atoms with E-state index in [0.29, 0.717) is 0 Å². The number of fused-ring (bicyclic) bond motifs is 3. The molecule has 0 bridgehead atoms. The van der Waals surface area contributed by atoms with Gasteiger partial charge in [-0.15, -0.1) is 11.3 Å².